The number of para-hydroxylation sites is 1. The minimum absolute atomic E-state index is 0.0303. The Morgan fingerprint density at radius 3 is 2.50 bits per heavy atom. The fraction of sp³-hybridized carbons (Fsp3) is 0.370. The zero-order valence-electron chi connectivity index (χ0n) is 20.9. The fourth-order valence-corrected chi connectivity index (χ4v) is 5.23. The number of carbonyl (C=O) groups excluding carboxylic acids is 2. The molecular weight excluding hydrogens is 517 g/mol. The highest BCUT2D eigenvalue weighted by Gasteiger charge is 2.31. The molecule has 1 fully saturated rings. The first-order chi connectivity index (χ1) is 18.2. The number of aromatic nitrogens is 1. The number of likely N-dealkylation sites (tertiary alicyclic amines) is 1. The van der Waals surface area contributed by atoms with Crippen LogP contribution in [0.15, 0.2) is 53.9 Å². The van der Waals surface area contributed by atoms with Gasteiger partial charge >= 0.3 is 12.4 Å². The summed E-state index contributed by atoms with van der Waals surface area (Å²) in [7, 11) is 0. The third-order valence-electron chi connectivity index (χ3n) is 6.27. The van der Waals surface area contributed by atoms with Gasteiger partial charge in [-0.1, -0.05) is 43.7 Å². The summed E-state index contributed by atoms with van der Waals surface area (Å²) < 4.78 is 41.3. The quantitative estimate of drug-likeness (QED) is 0.310. The lowest BCUT2D eigenvalue weighted by Gasteiger charge is -2.31. The van der Waals surface area contributed by atoms with E-state index in [2.05, 4.69) is 27.3 Å². The lowest BCUT2D eigenvalue weighted by atomic mass is 9.98. The molecule has 0 bridgehead atoms. The molecule has 1 aliphatic rings. The van der Waals surface area contributed by atoms with Crippen molar-refractivity contribution in [1.29, 1.82) is 0 Å². The zero-order valence-corrected chi connectivity index (χ0v) is 21.7. The highest BCUT2D eigenvalue weighted by atomic mass is 32.1. The molecule has 4 rings (SSSR count). The van der Waals surface area contributed by atoms with Gasteiger partial charge < -0.3 is 20.3 Å². The van der Waals surface area contributed by atoms with Gasteiger partial charge in [-0.2, -0.15) is 0 Å². The van der Waals surface area contributed by atoms with Crippen molar-refractivity contribution < 1.29 is 27.5 Å². The van der Waals surface area contributed by atoms with Gasteiger partial charge in [0.1, 0.15) is 11.4 Å². The predicted molar refractivity (Wildman–Crippen MR) is 140 cm³/mol. The summed E-state index contributed by atoms with van der Waals surface area (Å²) in [5.74, 6) is -0.503. The molecular formula is C27H29F3N4O3S. The maximum atomic E-state index is 13.0. The molecule has 0 aliphatic carbocycles. The minimum Gasteiger partial charge on any atom is -0.406 e. The van der Waals surface area contributed by atoms with Crippen LogP contribution in [0.25, 0.3) is 11.1 Å². The van der Waals surface area contributed by atoms with Gasteiger partial charge in [-0.3, -0.25) is 4.79 Å². The third kappa shape index (κ3) is 7.25. The van der Waals surface area contributed by atoms with E-state index >= 15 is 0 Å². The van der Waals surface area contributed by atoms with E-state index in [9.17, 15) is 22.8 Å². The number of piperidine rings is 1. The minimum atomic E-state index is -4.76. The summed E-state index contributed by atoms with van der Waals surface area (Å²) in [4.78, 5) is 31.7. The SMILES string of the molecule is CCCCNC(=O)N1CCC(c2nc(C(=O)Nc3ccccc3-c3ccc(OC(F)(F)F)cc3)cs2)CC1. The Morgan fingerprint density at radius 2 is 1.82 bits per heavy atom. The smallest absolute Gasteiger partial charge is 0.406 e. The molecule has 2 N–H and O–H groups in total. The number of thiazole rings is 1. The van der Waals surface area contributed by atoms with Gasteiger partial charge in [-0.05, 0) is 43.0 Å². The fourth-order valence-electron chi connectivity index (χ4n) is 4.26. The maximum absolute atomic E-state index is 13.0. The van der Waals surface area contributed by atoms with Crippen LogP contribution in [-0.2, 0) is 0 Å². The summed E-state index contributed by atoms with van der Waals surface area (Å²) >= 11 is 1.43. The topological polar surface area (TPSA) is 83.6 Å². The number of anilines is 1. The third-order valence-corrected chi connectivity index (χ3v) is 7.27. The Labute approximate surface area is 223 Å². The number of unbranched alkanes of at least 4 members (excludes halogenated alkanes) is 1. The van der Waals surface area contributed by atoms with Gasteiger partial charge in [0.25, 0.3) is 5.91 Å². The molecule has 0 spiro atoms. The second kappa shape index (κ2) is 12.3. The van der Waals surface area contributed by atoms with Crippen molar-refractivity contribution in [2.24, 2.45) is 0 Å². The van der Waals surface area contributed by atoms with Crippen molar-refractivity contribution >= 4 is 29.0 Å². The van der Waals surface area contributed by atoms with Crippen LogP contribution in [0.2, 0.25) is 0 Å². The molecule has 202 valence electrons. The van der Waals surface area contributed by atoms with E-state index in [4.69, 9.17) is 0 Å². The number of hydrogen-bond acceptors (Lipinski definition) is 5. The van der Waals surface area contributed by atoms with Crippen LogP contribution in [0.5, 0.6) is 5.75 Å². The molecule has 0 radical (unpaired) electrons. The largest absolute Gasteiger partial charge is 0.573 e. The molecule has 0 atom stereocenters. The Bertz CT molecular complexity index is 1240. The Morgan fingerprint density at radius 1 is 1.11 bits per heavy atom. The van der Waals surface area contributed by atoms with Crippen molar-refractivity contribution in [3.05, 3.63) is 64.6 Å². The molecule has 0 saturated carbocycles. The molecule has 11 heteroatoms. The van der Waals surface area contributed by atoms with Gasteiger partial charge in [-0.15, -0.1) is 24.5 Å². The monoisotopic (exact) mass is 546 g/mol. The van der Waals surface area contributed by atoms with Gasteiger partial charge in [-0.25, -0.2) is 9.78 Å². The summed E-state index contributed by atoms with van der Waals surface area (Å²) in [6.45, 7) is 4.05. The maximum Gasteiger partial charge on any atom is 0.573 e. The highest BCUT2D eigenvalue weighted by Crippen LogP contribution is 2.33. The summed E-state index contributed by atoms with van der Waals surface area (Å²) in [6.07, 6.45) is -1.21. The molecule has 3 amide bonds. The summed E-state index contributed by atoms with van der Waals surface area (Å²) in [6, 6.07) is 12.5. The van der Waals surface area contributed by atoms with Crippen molar-refractivity contribution in [3.8, 4) is 16.9 Å². The molecule has 1 aromatic heterocycles. The van der Waals surface area contributed by atoms with Crippen LogP contribution in [-0.4, -0.2) is 47.8 Å². The van der Waals surface area contributed by atoms with Crippen LogP contribution in [0.3, 0.4) is 0 Å². The number of rotatable bonds is 8. The molecule has 0 unspecified atom stereocenters. The molecule has 7 nitrogen and oxygen atoms in total. The van der Waals surface area contributed by atoms with Crippen molar-refractivity contribution in [3.63, 3.8) is 0 Å². The molecule has 1 saturated heterocycles. The number of ether oxygens (including phenoxy) is 1. The number of nitrogens with one attached hydrogen (secondary N) is 2. The van der Waals surface area contributed by atoms with Crippen LogP contribution >= 0.6 is 11.3 Å². The predicted octanol–water partition coefficient (Wildman–Crippen LogP) is 6.65. The van der Waals surface area contributed by atoms with Gasteiger partial charge in [0, 0.05) is 42.2 Å². The molecule has 2 aromatic carbocycles. The first kappa shape index (κ1) is 27.4. The average molecular weight is 547 g/mol. The molecule has 3 aromatic rings. The number of benzene rings is 2. The molecule has 38 heavy (non-hydrogen) atoms. The van der Waals surface area contributed by atoms with Gasteiger partial charge in [0.15, 0.2) is 0 Å². The highest BCUT2D eigenvalue weighted by molar-refractivity contribution is 7.10. The summed E-state index contributed by atoms with van der Waals surface area (Å²) in [5.41, 5.74) is 2.09. The molecule has 1 aliphatic heterocycles. The van der Waals surface area contributed by atoms with Crippen LogP contribution in [0.4, 0.5) is 23.7 Å². The van der Waals surface area contributed by atoms with E-state index in [1.165, 1.54) is 35.6 Å². The normalized spacial score (nSPS) is 14.3. The number of halogens is 3. The number of carbonyl (C=O) groups is 2. The van der Waals surface area contributed by atoms with Gasteiger partial charge in [0.05, 0.1) is 5.01 Å². The van der Waals surface area contributed by atoms with Crippen LogP contribution < -0.4 is 15.4 Å². The molecule has 2 heterocycles. The lowest BCUT2D eigenvalue weighted by molar-refractivity contribution is -0.274. The number of alkyl halides is 3. The van der Waals surface area contributed by atoms with Crippen molar-refractivity contribution in [2.45, 2.75) is 44.9 Å². The Kier molecular flexibility index (Phi) is 8.88. The Balaban J connectivity index is 1.37. The zero-order chi connectivity index (χ0) is 27.1. The second-order valence-electron chi connectivity index (χ2n) is 8.99. The average Bonchev–Trinajstić information content (AvgIpc) is 3.40. The van der Waals surface area contributed by atoms with E-state index < -0.39 is 6.36 Å². The summed E-state index contributed by atoms with van der Waals surface area (Å²) in [5, 5.41) is 8.41. The Hall–Kier alpha value is -3.60. The standard InChI is InChI=1S/C27H29F3N4O3S/c1-2-3-14-31-26(36)34-15-12-19(13-16-34)25-33-23(17-38-25)24(35)32-22-7-5-4-6-21(22)18-8-10-20(11-9-18)37-27(28,29)30/h4-11,17,19H,2-3,12-16H2,1H3,(H,31,36)(H,32,35). The number of urea groups is 1. The lowest BCUT2D eigenvalue weighted by Crippen LogP contribution is -2.44. The van der Waals surface area contributed by atoms with Crippen LogP contribution in [0.1, 0.15) is 54.0 Å². The van der Waals surface area contributed by atoms with E-state index in [1.54, 1.807) is 29.6 Å². The van der Waals surface area contributed by atoms with E-state index in [1.807, 2.05) is 4.90 Å². The number of amides is 3. The van der Waals surface area contributed by atoms with Crippen LogP contribution in [0, 0.1) is 0 Å². The van der Waals surface area contributed by atoms with E-state index in [0.717, 1.165) is 30.7 Å². The van der Waals surface area contributed by atoms with E-state index in [-0.39, 0.29) is 23.6 Å². The number of nitrogens with zero attached hydrogens (tertiary/aromatic N) is 2. The first-order valence-electron chi connectivity index (χ1n) is 12.5. The van der Waals surface area contributed by atoms with E-state index in [0.29, 0.717) is 42.1 Å². The number of hydrogen-bond donors (Lipinski definition) is 2. The van der Waals surface area contributed by atoms with Crippen molar-refractivity contribution in [2.75, 3.05) is 25.0 Å². The van der Waals surface area contributed by atoms with Gasteiger partial charge in [0.2, 0.25) is 0 Å². The van der Waals surface area contributed by atoms with Crippen molar-refractivity contribution in [1.82, 2.24) is 15.2 Å². The first-order valence-corrected chi connectivity index (χ1v) is 13.4. The second-order valence-corrected chi connectivity index (χ2v) is 9.88.